The highest BCUT2D eigenvalue weighted by Gasteiger charge is 2.35. The SMILES string of the molecule is CCN1CCC(N2CCC(C3CCN(c4ncccn4)CC3)C2)CC1. The zero-order chi connectivity index (χ0) is 17.1. The monoisotopic (exact) mass is 343 g/mol. The van der Waals surface area contributed by atoms with Crippen molar-refractivity contribution in [1.82, 2.24) is 19.8 Å². The summed E-state index contributed by atoms with van der Waals surface area (Å²) in [5, 5.41) is 0. The van der Waals surface area contributed by atoms with Gasteiger partial charge in [0.15, 0.2) is 0 Å². The zero-order valence-electron chi connectivity index (χ0n) is 15.7. The second-order valence-electron chi connectivity index (χ2n) is 8.08. The number of hydrogen-bond acceptors (Lipinski definition) is 5. The van der Waals surface area contributed by atoms with Gasteiger partial charge in [0.05, 0.1) is 0 Å². The van der Waals surface area contributed by atoms with Crippen LogP contribution in [0.4, 0.5) is 5.95 Å². The molecule has 3 saturated heterocycles. The van der Waals surface area contributed by atoms with Crippen molar-refractivity contribution in [2.75, 3.05) is 50.7 Å². The molecule has 138 valence electrons. The van der Waals surface area contributed by atoms with Crippen molar-refractivity contribution in [2.45, 2.75) is 45.1 Å². The minimum Gasteiger partial charge on any atom is -0.341 e. The van der Waals surface area contributed by atoms with Gasteiger partial charge >= 0.3 is 0 Å². The Kier molecular flexibility index (Phi) is 5.51. The fraction of sp³-hybridized carbons (Fsp3) is 0.800. The second-order valence-corrected chi connectivity index (χ2v) is 8.08. The molecule has 1 aromatic rings. The second kappa shape index (κ2) is 8.00. The van der Waals surface area contributed by atoms with Crippen LogP contribution in [0.5, 0.6) is 0 Å². The minimum atomic E-state index is 0.852. The fourth-order valence-corrected chi connectivity index (χ4v) is 5.16. The molecule has 3 aliphatic rings. The molecule has 0 aromatic carbocycles. The van der Waals surface area contributed by atoms with Crippen molar-refractivity contribution in [1.29, 1.82) is 0 Å². The number of aromatic nitrogens is 2. The summed E-state index contributed by atoms with van der Waals surface area (Å²) in [6.45, 7) is 11.1. The Morgan fingerprint density at radius 3 is 2.24 bits per heavy atom. The van der Waals surface area contributed by atoms with E-state index in [9.17, 15) is 0 Å². The maximum atomic E-state index is 4.41. The first-order chi connectivity index (χ1) is 12.3. The number of piperidine rings is 2. The standard InChI is InChI=1S/C20H33N5/c1-2-23-11-7-19(8-12-23)25-15-6-18(16-25)17-4-13-24(14-5-17)20-21-9-3-10-22-20/h3,9-10,17-19H,2,4-8,11-16H2,1H3. The molecular formula is C20H33N5. The van der Waals surface area contributed by atoms with Gasteiger partial charge in [0.2, 0.25) is 5.95 Å². The van der Waals surface area contributed by atoms with Crippen molar-refractivity contribution < 1.29 is 0 Å². The molecule has 0 saturated carbocycles. The van der Waals surface area contributed by atoms with Gasteiger partial charge in [-0.25, -0.2) is 9.97 Å². The molecule has 4 heterocycles. The highest BCUT2D eigenvalue weighted by atomic mass is 15.3. The lowest BCUT2D eigenvalue weighted by Gasteiger charge is -2.37. The average molecular weight is 344 g/mol. The summed E-state index contributed by atoms with van der Waals surface area (Å²) in [5.74, 6) is 2.74. The van der Waals surface area contributed by atoms with Crippen molar-refractivity contribution in [2.24, 2.45) is 11.8 Å². The van der Waals surface area contributed by atoms with Gasteiger partial charge in [-0.3, -0.25) is 4.90 Å². The van der Waals surface area contributed by atoms with E-state index in [0.717, 1.165) is 36.9 Å². The van der Waals surface area contributed by atoms with Gasteiger partial charge in [0.1, 0.15) is 0 Å². The molecule has 0 spiro atoms. The van der Waals surface area contributed by atoms with Crippen molar-refractivity contribution in [3.63, 3.8) is 0 Å². The van der Waals surface area contributed by atoms with Gasteiger partial charge in [0, 0.05) is 38.1 Å². The van der Waals surface area contributed by atoms with Gasteiger partial charge in [-0.05, 0) is 76.2 Å². The van der Waals surface area contributed by atoms with Crippen LogP contribution in [0, 0.1) is 11.8 Å². The lowest BCUT2D eigenvalue weighted by Crippen LogP contribution is -2.44. The van der Waals surface area contributed by atoms with E-state index in [4.69, 9.17) is 0 Å². The molecule has 0 radical (unpaired) electrons. The van der Waals surface area contributed by atoms with Crippen LogP contribution >= 0.6 is 0 Å². The van der Waals surface area contributed by atoms with Crippen molar-refractivity contribution in [3.05, 3.63) is 18.5 Å². The van der Waals surface area contributed by atoms with Crippen LogP contribution in [0.15, 0.2) is 18.5 Å². The van der Waals surface area contributed by atoms with E-state index >= 15 is 0 Å². The van der Waals surface area contributed by atoms with Crippen LogP contribution in [-0.2, 0) is 0 Å². The Bertz CT molecular complexity index is 520. The third-order valence-corrected chi connectivity index (χ3v) is 6.82. The molecule has 0 bridgehead atoms. The summed E-state index contributed by atoms with van der Waals surface area (Å²) in [4.78, 5) is 16.6. The van der Waals surface area contributed by atoms with Gasteiger partial charge < -0.3 is 9.80 Å². The highest BCUT2D eigenvalue weighted by molar-refractivity contribution is 5.28. The molecule has 5 nitrogen and oxygen atoms in total. The molecule has 5 heteroatoms. The first kappa shape index (κ1) is 17.2. The van der Waals surface area contributed by atoms with Crippen LogP contribution in [-0.4, -0.2) is 71.6 Å². The highest BCUT2D eigenvalue weighted by Crippen LogP contribution is 2.34. The quantitative estimate of drug-likeness (QED) is 0.839. The summed E-state index contributed by atoms with van der Waals surface area (Å²) in [7, 11) is 0. The first-order valence-corrected chi connectivity index (χ1v) is 10.3. The van der Waals surface area contributed by atoms with Crippen LogP contribution in [0.3, 0.4) is 0 Å². The van der Waals surface area contributed by atoms with Crippen LogP contribution in [0.1, 0.15) is 39.0 Å². The number of anilines is 1. The van der Waals surface area contributed by atoms with Crippen LogP contribution in [0.2, 0.25) is 0 Å². The first-order valence-electron chi connectivity index (χ1n) is 10.3. The molecule has 1 unspecified atom stereocenters. The largest absolute Gasteiger partial charge is 0.341 e. The zero-order valence-corrected chi connectivity index (χ0v) is 15.7. The van der Waals surface area contributed by atoms with Crippen molar-refractivity contribution >= 4 is 5.95 Å². The van der Waals surface area contributed by atoms with Crippen LogP contribution < -0.4 is 4.90 Å². The molecule has 1 aromatic heterocycles. The Hall–Kier alpha value is -1.20. The van der Waals surface area contributed by atoms with Gasteiger partial charge in [-0.2, -0.15) is 0 Å². The Morgan fingerprint density at radius 1 is 0.880 bits per heavy atom. The van der Waals surface area contributed by atoms with Crippen molar-refractivity contribution in [3.8, 4) is 0 Å². The fourth-order valence-electron chi connectivity index (χ4n) is 5.16. The van der Waals surface area contributed by atoms with Crippen LogP contribution in [0.25, 0.3) is 0 Å². The van der Waals surface area contributed by atoms with E-state index in [2.05, 4.69) is 31.6 Å². The normalized spacial score (nSPS) is 27.9. The third-order valence-electron chi connectivity index (χ3n) is 6.82. The summed E-state index contributed by atoms with van der Waals surface area (Å²) in [5.41, 5.74) is 0. The average Bonchev–Trinajstić information content (AvgIpc) is 3.19. The molecule has 4 rings (SSSR count). The maximum absolute atomic E-state index is 4.41. The maximum Gasteiger partial charge on any atom is 0.225 e. The number of hydrogen-bond donors (Lipinski definition) is 0. The molecule has 25 heavy (non-hydrogen) atoms. The smallest absolute Gasteiger partial charge is 0.225 e. The number of nitrogens with zero attached hydrogens (tertiary/aromatic N) is 5. The van der Waals surface area contributed by atoms with E-state index in [-0.39, 0.29) is 0 Å². The molecule has 3 fully saturated rings. The Labute approximate surface area is 152 Å². The van der Waals surface area contributed by atoms with E-state index in [1.165, 1.54) is 64.8 Å². The number of rotatable bonds is 4. The van der Waals surface area contributed by atoms with E-state index in [1.54, 1.807) is 0 Å². The lowest BCUT2D eigenvalue weighted by molar-refractivity contribution is 0.123. The predicted octanol–water partition coefficient (Wildman–Crippen LogP) is 2.50. The summed E-state index contributed by atoms with van der Waals surface area (Å²) >= 11 is 0. The van der Waals surface area contributed by atoms with E-state index in [0.29, 0.717) is 0 Å². The number of likely N-dealkylation sites (tertiary alicyclic amines) is 2. The Balaban J connectivity index is 1.25. The summed E-state index contributed by atoms with van der Waals surface area (Å²) < 4.78 is 0. The molecule has 3 aliphatic heterocycles. The predicted molar refractivity (Wildman–Crippen MR) is 102 cm³/mol. The lowest BCUT2D eigenvalue weighted by atomic mass is 9.84. The van der Waals surface area contributed by atoms with Gasteiger partial charge in [-0.15, -0.1) is 0 Å². The molecular weight excluding hydrogens is 310 g/mol. The van der Waals surface area contributed by atoms with E-state index < -0.39 is 0 Å². The molecule has 0 N–H and O–H groups in total. The summed E-state index contributed by atoms with van der Waals surface area (Å²) in [6.07, 6.45) is 10.5. The topological polar surface area (TPSA) is 35.5 Å². The van der Waals surface area contributed by atoms with E-state index in [1.807, 2.05) is 18.5 Å². The Morgan fingerprint density at radius 2 is 1.56 bits per heavy atom. The summed E-state index contributed by atoms with van der Waals surface area (Å²) in [6, 6.07) is 2.75. The minimum absolute atomic E-state index is 0.852. The third kappa shape index (κ3) is 3.98. The van der Waals surface area contributed by atoms with Gasteiger partial charge in [-0.1, -0.05) is 6.92 Å². The molecule has 0 amide bonds. The molecule has 1 atom stereocenters. The molecule has 0 aliphatic carbocycles. The van der Waals surface area contributed by atoms with Gasteiger partial charge in [0.25, 0.3) is 0 Å².